The number of ketones is 1. The third-order valence-corrected chi connectivity index (χ3v) is 3.08. The maximum Gasteiger partial charge on any atom is 0.149 e. The van der Waals surface area contributed by atoms with Gasteiger partial charge in [-0.05, 0) is 25.8 Å². The molecule has 3 heteroatoms. The summed E-state index contributed by atoms with van der Waals surface area (Å²) >= 11 is 0. The standard InChI is InChI=1S/C11H22N2O/c1-3-9(2)11(14)8-13-6-4-5-10(12)7-13/h9-10H,3-8,12H2,1-2H3. The second-order valence-electron chi connectivity index (χ2n) is 4.41. The molecule has 0 aliphatic carbocycles. The molecule has 1 aliphatic rings. The maximum absolute atomic E-state index is 11.7. The normalized spacial score (nSPS) is 26.1. The van der Waals surface area contributed by atoms with Gasteiger partial charge in [-0.25, -0.2) is 0 Å². The first kappa shape index (κ1) is 11.7. The Hall–Kier alpha value is -0.410. The van der Waals surface area contributed by atoms with Crippen molar-refractivity contribution in [3.8, 4) is 0 Å². The Morgan fingerprint density at radius 1 is 1.64 bits per heavy atom. The lowest BCUT2D eigenvalue weighted by atomic mass is 10.0. The summed E-state index contributed by atoms with van der Waals surface area (Å²) in [5.41, 5.74) is 5.86. The molecule has 1 fully saturated rings. The van der Waals surface area contributed by atoms with Crippen molar-refractivity contribution in [2.24, 2.45) is 11.7 Å². The fourth-order valence-corrected chi connectivity index (χ4v) is 1.84. The van der Waals surface area contributed by atoms with Crippen LogP contribution in [0.25, 0.3) is 0 Å². The minimum atomic E-state index is 0.202. The Balaban J connectivity index is 2.32. The van der Waals surface area contributed by atoms with E-state index in [1.54, 1.807) is 0 Å². The van der Waals surface area contributed by atoms with Crippen LogP contribution in [0.3, 0.4) is 0 Å². The summed E-state index contributed by atoms with van der Waals surface area (Å²) < 4.78 is 0. The van der Waals surface area contributed by atoms with Gasteiger partial charge < -0.3 is 5.73 Å². The van der Waals surface area contributed by atoms with Crippen LogP contribution in [0.15, 0.2) is 0 Å². The van der Waals surface area contributed by atoms with Crippen LogP contribution in [0, 0.1) is 5.92 Å². The van der Waals surface area contributed by atoms with Crippen molar-refractivity contribution >= 4 is 5.78 Å². The number of Topliss-reactive ketones (excluding diaryl/α,β-unsaturated/α-hetero) is 1. The minimum absolute atomic E-state index is 0.202. The molecule has 1 saturated heterocycles. The topological polar surface area (TPSA) is 46.3 Å². The molecular weight excluding hydrogens is 176 g/mol. The summed E-state index contributed by atoms with van der Waals surface area (Å²) in [7, 11) is 0. The third-order valence-electron chi connectivity index (χ3n) is 3.08. The summed E-state index contributed by atoms with van der Waals surface area (Å²) in [6.07, 6.45) is 3.18. The van der Waals surface area contributed by atoms with Crippen LogP contribution in [-0.4, -0.2) is 36.4 Å². The predicted molar refractivity (Wildman–Crippen MR) is 58.1 cm³/mol. The van der Waals surface area contributed by atoms with Gasteiger partial charge in [-0.15, -0.1) is 0 Å². The molecule has 0 aromatic rings. The van der Waals surface area contributed by atoms with Gasteiger partial charge in [0.05, 0.1) is 6.54 Å². The van der Waals surface area contributed by atoms with E-state index in [1.165, 1.54) is 0 Å². The van der Waals surface area contributed by atoms with Crippen molar-refractivity contribution in [2.75, 3.05) is 19.6 Å². The molecule has 2 atom stereocenters. The van der Waals surface area contributed by atoms with Crippen molar-refractivity contribution in [2.45, 2.75) is 39.2 Å². The fraction of sp³-hybridized carbons (Fsp3) is 0.909. The molecule has 0 aromatic heterocycles. The van der Waals surface area contributed by atoms with Crippen LogP contribution >= 0.6 is 0 Å². The zero-order valence-corrected chi connectivity index (χ0v) is 9.33. The van der Waals surface area contributed by atoms with E-state index in [9.17, 15) is 4.79 Å². The average Bonchev–Trinajstić information content (AvgIpc) is 2.16. The van der Waals surface area contributed by atoms with E-state index in [0.717, 1.165) is 32.4 Å². The Kier molecular flexibility index (Phi) is 4.55. The number of nitrogens with zero attached hydrogens (tertiary/aromatic N) is 1. The monoisotopic (exact) mass is 198 g/mol. The first-order chi connectivity index (χ1) is 6.63. The van der Waals surface area contributed by atoms with Crippen LogP contribution < -0.4 is 5.73 Å². The summed E-state index contributed by atoms with van der Waals surface area (Å²) in [6, 6.07) is 0.272. The smallest absolute Gasteiger partial charge is 0.149 e. The average molecular weight is 198 g/mol. The van der Waals surface area contributed by atoms with Gasteiger partial charge in [-0.2, -0.15) is 0 Å². The molecule has 3 nitrogen and oxygen atoms in total. The molecular formula is C11H22N2O. The third kappa shape index (κ3) is 3.39. The summed E-state index contributed by atoms with van der Waals surface area (Å²) in [4.78, 5) is 13.9. The second kappa shape index (κ2) is 5.47. The summed E-state index contributed by atoms with van der Waals surface area (Å²) in [5.74, 6) is 0.565. The zero-order valence-electron chi connectivity index (χ0n) is 9.33. The highest BCUT2D eigenvalue weighted by atomic mass is 16.1. The molecule has 0 amide bonds. The number of hydrogen-bond donors (Lipinski definition) is 1. The van der Waals surface area contributed by atoms with E-state index in [-0.39, 0.29) is 12.0 Å². The van der Waals surface area contributed by atoms with Gasteiger partial charge in [0.15, 0.2) is 0 Å². The lowest BCUT2D eigenvalue weighted by Gasteiger charge is -2.30. The van der Waals surface area contributed by atoms with Crippen LogP contribution in [0.1, 0.15) is 33.1 Å². The molecule has 2 N–H and O–H groups in total. The van der Waals surface area contributed by atoms with Crippen molar-refractivity contribution in [1.29, 1.82) is 0 Å². The SMILES string of the molecule is CCC(C)C(=O)CN1CCCC(N)C1. The van der Waals surface area contributed by atoms with Gasteiger partial charge in [0, 0.05) is 18.5 Å². The highest BCUT2D eigenvalue weighted by molar-refractivity contribution is 5.82. The first-order valence-corrected chi connectivity index (χ1v) is 5.64. The lowest BCUT2D eigenvalue weighted by molar-refractivity contribution is -0.123. The Morgan fingerprint density at radius 2 is 2.36 bits per heavy atom. The van der Waals surface area contributed by atoms with Crippen LogP contribution in [0.4, 0.5) is 0 Å². The van der Waals surface area contributed by atoms with Gasteiger partial charge in [-0.1, -0.05) is 13.8 Å². The first-order valence-electron chi connectivity index (χ1n) is 5.64. The maximum atomic E-state index is 11.7. The number of carbonyl (C=O) groups is 1. The number of hydrogen-bond acceptors (Lipinski definition) is 3. The van der Waals surface area contributed by atoms with Gasteiger partial charge in [-0.3, -0.25) is 9.69 Å². The minimum Gasteiger partial charge on any atom is -0.327 e. The summed E-state index contributed by atoms with van der Waals surface area (Å²) in [6.45, 7) is 6.59. The van der Waals surface area contributed by atoms with E-state index in [2.05, 4.69) is 11.8 Å². The molecule has 1 aliphatic heterocycles. The van der Waals surface area contributed by atoms with Gasteiger partial charge in [0.2, 0.25) is 0 Å². The molecule has 2 unspecified atom stereocenters. The number of rotatable bonds is 4. The van der Waals surface area contributed by atoms with Gasteiger partial charge in [0.25, 0.3) is 0 Å². The molecule has 0 spiro atoms. The number of carbonyl (C=O) groups excluding carboxylic acids is 1. The van der Waals surface area contributed by atoms with Crippen molar-refractivity contribution < 1.29 is 4.79 Å². The van der Waals surface area contributed by atoms with Gasteiger partial charge >= 0.3 is 0 Å². The van der Waals surface area contributed by atoms with E-state index >= 15 is 0 Å². The lowest BCUT2D eigenvalue weighted by Crippen LogP contribution is -2.45. The molecule has 1 heterocycles. The molecule has 0 saturated carbocycles. The Labute approximate surface area is 86.6 Å². The fourth-order valence-electron chi connectivity index (χ4n) is 1.84. The highest BCUT2D eigenvalue weighted by Gasteiger charge is 2.20. The second-order valence-corrected chi connectivity index (χ2v) is 4.41. The molecule has 14 heavy (non-hydrogen) atoms. The quantitative estimate of drug-likeness (QED) is 0.733. The zero-order chi connectivity index (χ0) is 10.6. The van der Waals surface area contributed by atoms with Gasteiger partial charge in [0.1, 0.15) is 5.78 Å². The Bertz CT molecular complexity index is 194. The number of nitrogens with two attached hydrogens (primary N) is 1. The van der Waals surface area contributed by atoms with E-state index in [0.29, 0.717) is 12.3 Å². The molecule has 0 aromatic carbocycles. The van der Waals surface area contributed by atoms with Crippen molar-refractivity contribution in [1.82, 2.24) is 4.90 Å². The largest absolute Gasteiger partial charge is 0.327 e. The molecule has 1 rings (SSSR count). The highest BCUT2D eigenvalue weighted by Crippen LogP contribution is 2.10. The number of likely N-dealkylation sites (tertiary alicyclic amines) is 1. The number of piperidine rings is 1. The molecule has 0 radical (unpaired) electrons. The van der Waals surface area contributed by atoms with Crippen LogP contribution in [-0.2, 0) is 4.79 Å². The van der Waals surface area contributed by atoms with Crippen molar-refractivity contribution in [3.63, 3.8) is 0 Å². The van der Waals surface area contributed by atoms with E-state index in [4.69, 9.17) is 5.73 Å². The molecule has 82 valence electrons. The van der Waals surface area contributed by atoms with Crippen LogP contribution in [0.5, 0.6) is 0 Å². The van der Waals surface area contributed by atoms with E-state index in [1.807, 2.05) is 6.92 Å². The predicted octanol–water partition coefficient (Wildman–Crippen LogP) is 1.02. The van der Waals surface area contributed by atoms with E-state index < -0.39 is 0 Å². The molecule has 0 bridgehead atoms. The Morgan fingerprint density at radius 3 is 2.93 bits per heavy atom. The summed E-state index contributed by atoms with van der Waals surface area (Å²) in [5, 5.41) is 0. The van der Waals surface area contributed by atoms with Crippen LogP contribution in [0.2, 0.25) is 0 Å². The van der Waals surface area contributed by atoms with Crippen molar-refractivity contribution in [3.05, 3.63) is 0 Å².